The van der Waals surface area contributed by atoms with Crippen LogP contribution in [0.4, 0.5) is 0 Å². The third kappa shape index (κ3) is 12.7. The van der Waals surface area contributed by atoms with E-state index in [9.17, 15) is 10.2 Å². The van der Waals surface area contributed by atoms with E-state index >= 15 is 0 Å². The van der Waals surface area contributed by atoms with Crippen LogP contribution in [0.25, 0.3) is 0 Å². The van der Waals surface area contributed by atoms with Crippen LogP contribution in [-0.4, -0.2) is 59.6 Å². The minimum atomic E-state index is -1.00. The monoisotopic (exact) mass is 414 g/mol. The number of rotatable bonds is 19. The molecule has 5 nitrogen and oxygen atoms in total. The lowest BCUT2D eigenvalue weighted by Gasteiger charge is -2.23. The normalized spacial score (nSPS) is 23.2. The molecule has 0 amide bonds. The summed E-state index contributed by atoms with van der Waals surface area (Å²) in [5.41, 5.74) is 0. The molecule has 0 spiro atoms. The molecule has 172 valence electrons. The van der Waals surface area contributed by atoms with Gasteiger partial charge in [0.2, 0.25) is 0 Å². The Morgan fingerprint density at radius 1 is 0.897 bits per heavy atom. The molecule has 29 heavy (non-hydrogen) atoms. The van der Waals surface area contributed by atoms with Gasteiger partial charge in [0.1, 0.15) is 24.4 Å². The van der Waals surface area contributed by atoms with E-state index in [0.29, 0.717) is 6.61 Å². The number of ether oxygens (including phenoxy) is 2. The van der Waals surface area contributed by atoms with Crippen molar-refractivity contribution in [1.29, 1.82) is 0 Å². The second-order valence-electron chi connectivity index (χ2n) is 8.39. The number of aliphatic hydroxyl groups excluding tert-OH is 3. The highest BCUT2D eigenvalue weighted by molar-refractivity contribution is 4.89. The molecule has 1 aliphatic rings. The summed E-state index contributed by atoms with van der Waals surface area (Å²) in [5, 5.41) is 28.7. The van der Waals surface area contributed by atoms with E-state index in [2.05, 4.69) is 19.1 Å². The molecule has 3 N–H and O–H groups in total. The molecule has 1 rings (SSSR count). The molecule has 0 aromatic heterocycles. The van der Waals surface area contributed by atoms with Crippen molar-refractivity contribution >= 4 is 0 Å². The zero-order valence-electron chi connectivity index (χ0n) is 18.6. The number of unbranched alkanes of at least 4 members (excludes halogenated alkanes) is 12. The molecule has 1 fully saturated rings. The lowest BCUT2D eigenvalue weighted by Crippen LogP contribution is -2.42. The minimum absolute atomic E-state index is 0.153. The maximum Gasteiger partial charge on any atom is 0.114 e. The highest BCUT2D eigenvalue weighted by Crippen LogP contribution is 2.21. The molecule has 0 aromatic rings. The van der Waals surface area contributed by atoms with Crippen LogP contribution in [0.1, 0.15) is 96.8 Å². The van der Waals surface area contributed by atoms with E-state index in [1.807, 2.05) is 0 Å². The first-order chi connectivity index (χ1) is 14.2. The molecule has 0 bridgehead atoms. The number of aliphatic hydroxyl groups is 3. The first-order valence-corrected chi connectivity index (χ1v) is 12.1. The molecule has 0 saturated carbocycles. The van der Waals surface area contributed by atoms with Crippen LogP contribution in [0, 0.1) is 0 Å². The maximum atomic E-state index is 9.89. The van der Waals surface area contributed by atoms with Crippen LogP contribution in [-0.2, 0) is 9.47 Å². The minimum Gasteiger partial charge on any atom is -0.394 e. The van der Waals surface area contributed by atoms with E-state index in [1.165, 1.54) is 77.0 Å². The number of hydrogen-bond acceptors (Lipinski definition) is 5. The SMILES string of the molecule is CCCCCCC/C=C/CCCCCCCCCO[C@@H]1[C@H]([C@H](O)CO)OC[C@@H]1O. The van der Waals surface area contributed by atoms with E-state index < -0.39 is 24.4 Å². The molecule has 1 aliphatic heterocycles. The van der Waals surface area contributed by atoms with Crippen LogP contribution in [0.3, 0.4) is 0 Å². The summed E-state index contributed by atoms with van der Waals surface area (Å²) in [6.45, 7) is 2.59. The van der Waals surface area contributed by atoms with Gasteiger partial charge in [0, 0.05) is 6.61 Å². The van der Waals surface area contributed by atoms with Crippen LogP contribution < -0.4 is 0 Å². The zero-order chi connectivity index (χ0) is 21.2. The van der Waals surface area contributed by atoms with Gasteiger partial charge < -0.3 is 24.8 Å². The Morgan fingerprint density at radius 2 is 1.45 bits per heavy atom. The Balaban J connectivity index is 1.86. The van der Waals surface area contributed by atoms with Crippen LogP contribution in [0.2, 0.25) is 0 Å². The average molecular weight is 415 g/mol. The summed E-state index contributed by atoms with van der Waals surface area (Å²) < 4.78 is 11.0. The van der Waals surface area contributed by atoms with Crippen molar-refractivity contribution in [2.75, 3.05) is 19.8 Å². The van der Waals surface area contributed by atoms with Gasteiger partial charge >= 0.3 is 0 Å². The molecule has 4 atom stereocenters. The lowest BCUT2D eigenvalue weighted by atomic mass is 10.1. The predicted molar refractivity (Wildman–Crippen MR) is 118 cm³/mol. The first-order valence-electron chi connectivity index (χ1n) is 12.1. The molecule has 5 heteroatoms. The Labute approximate surface area is 178 Å². The van der Waals surface area contributed by atoms with Gasteiger partial charge in [-0.3, -0.25) is 0 Å². The largest absolute Gasteiger partial charge is 0.394 e. The fourth-order valence-electron chi connectivity index (χ4n) is 3.83. The number of allylic oxidation sites excluding steroid dienone is 2. The molecule has 0 unspecified atom stereocenters. The van der Waals surface area contributed by atoms with E-state index in [0.717, 1.165) is 12.8 Å². The van der Waals surface area contributed by atoms with Crippen molar-refractivity contribution in [3.63, 3.8) is 0 Å². The Kier molecular flexibility index (Phi) is 16.8. The van der Waals surface area contributed by atoms with Crippen molar-refractivity contribution < 1.29 is 24.8 Å². The van der Waals surface area contributed by atoms with E-state index in [-0.39, 0.29) is 13.2 Å². The van der Waals surface area contributed by atoms with Crippen molar-refractivity contribution in [2.24, 2.45) is 0 Å². The summed E-state index contributed by atoms with van der Waals surface area (Å²) in [6, 6.07) is 0. The fraction of sp³-hybridized carbons (Fsp3) is 0.917. The standard InChI is InChI=1S/C24H46O5/c1-2-3-4-5-6-7-8-9-10-11-12-13-14-15-16-17-18-28-24-22(27)20-29-23(24)21(26)19-25/h8-9,21-27H,2-7,10-20H2,1H3/b9-8+/t21-,22+,23+,24+/m1/s1. The van der Waals surface area contributed by atoms with E-state index in [1.54, 1.807) is 0 Å². The van der Waals surface area contributed by atoms with Crippen LogP contribution in [0.5, 0.6) is 0 Å². The van der Waals surface area contributed by atoms with Gasteiger partial charge in [-0.1, -0.05) is 76.9 Å². The van der Waals surface area contributed by atoms with E-state index in [4.69, 9.17) is 14.6 Å². The summed E-state index contributed by atoms with van der Waals surface area (Å²) in [5.74, 6) is 0. The van der Waals surface area contributed by atoms with Crippen LogP contribution in [0.15, 0.2) is 12.2 Å². The maximum absolute atomic E-state index is 9.89. The second kappa shape index (κ2) is 18.3. The van der Waals surface area contributed by atoms with Crippen molar-refractivity contribution in [2.45, 2.75) is 121 Å². The van der Waals surface area contributed by atoms with Crippen molar-refractivity contribution in [3.05, 3.63) is 12.2 Å². The van der Waals surface area contributed by atoms with Gasteiger partial charge in [-0.25, -0.2) is 0 Å². The molecule has 1 saturated heterocycles. The van der Waals surface area contributed by atoms with Crippen LogP contribution >= 0.6 is 0 Å². The summed E-state index contributed by atoms with van der Waals surface area (Å²) in [4.78, 5) is 0. The summed E-state index contributed by atoms with van der Waals surface area (Å²) in [6.07, 6.45) is 19.5. The molecule has 0 aromatic carbocycles. The topological polar surface area (TPSA) is 79.2 Å². The molecule has 0 aliphatic carbocycles. The van der Waals surface area contributed by atoms with Gasteiger partial charge in [-0.15, -0.1) is 0 Å². The van der Waals surface area contributed by atoms with Gasteiger partial charge in [0.15, 0.2) is 0 Å². The summed E-state index contributed by atoms with van der Waals surface area (Å²) >= 11 is 0. The first kappa shape index (κ1) is 26.6. The van der Waals surface area contributed by atoms with Crippen molar-refractivity contribution in [1.82, 2.24) is 0 Å². The fourth-order valence-corrected chi connectivity index (χ4v) is 3.83. The Morgan fingerprint density at radius 3 is 2.03 bits per heavy atom. The molecule has 1 heterocycles. The Bertz CT molecular complexity index is 387. The average Bonchev–Trinajstić information content (AvgIpc) is 3.10. The zero-order valence-corrected chi connectivity index (χ0v) is 18.6. The molecular formula is C24H46O5. The van der Waals surface area contributed by atoms with Gasteiger partial charge in [-0.2, -0.15) is 0 Å². The third-order valence-corrected chi connectivity index (χ3v) is 5.70. The Hall–Kier alpha value is -0.460. The second-order valence-corrected chi connectivity index (χ2v) is 8.39. The van der Waals surface area contributed by atoms with Gasteiger partial charge in [-0.05, 0) is 32.1 Å². The molecule has 0 radical (unpaired) electrons. The summed E-state index contributed by atoms with van der Waals surface area (Å²) in [7, 11) is 0. The number of hydrogen-bond donors (Lipinski definition) is 3. The van der Waals surface area contributed by atoms with Gasteiger partial charge in [0.05, 0.1) is 13.2 Å². The predicted octanol–water partition coefficient (Wildman–Crippen LogP) is 4.52. The highest BCUT2D eigenvalue weighted by atomic mass is 16.6. The quantitative estimate of drug-likeness (QED) is 0.214. The highest BCUT2D eigenvalue weighted by Gasteiger charge is 2.40. The molecular weight excluding hydrogens is 368 g/mol. The van der Waals surface area contributed by atoms with Gasteiger partial charge in [0.25, 0.3) is 0 Å². The lowest BCUT2D eigenvalue weighted by molar-refractivity contribution is -0.0938. The third-order valence-electron chi connectivity index (χ3n) is 5.70. The van der Waals surface area contributed by atoms with Crippen molar-refractivity contribution in [3.8, 4) is 0 Å². The smallest absolute Gasteiger partial charge is 0.114 e.